The number of hydrogen-bond donors (Lipinski definition) is 8. The second-order valence-electron chi connectivity index (χ2n) is 8.23. The number of nitrogens with zero attached hydrogens (tertiary/aromatic N) is 1. The third-order valence-corrected chi connectivity index (χ3v) is 4.78. The third kappa shape index (κ3) is 9.95. The van der Waals surface area contributed by atoms with Crippen molar-refractivity contribution in [1.29, 1.82) is 0 Å². The first kappa shape index (κ1) is 28.5. The monoisotopic (exact) mass is 483 g/mol. The van der Waals surface area contributed by atoms with Gasteiger partial charge in [-0.2, -0.15) is 0 Å². The summed E-state index contributed by atoms with van der Waals surface area (Å²) >= 11 is 0. The lowest BCUT2D eigenvalue weighted by Gasteiger charge is -2.25. The van der Waals surface area contributed by atoms with Crippen molar-refractivity contribution in [3.63, 3.8) is 0 Å². The molecule has 0 saturated heterocycles. The van der Waals surface area contributed by atoms with E-state index in [1.165, 1.54) is 12.5 Å². The van der Waals surface area contributed by atoms with Crippen molar-refractivity contribution in [3.8, 4) is 0 Å². The van der Waals surface area contributed by atoms with Gasteiger partial charge < -0.3 is 42.6 Å². The molecule has 0 aliphatic carbocycles. The number of carbonyl (C=O) groups is 5. The molecule has 10 N–H and O–H groups in total. The predicted octanol–water partition coefficient (Wildman–Crippen LogP) is -2.88. The molecular weight excluding hydrogens is 450 g/mol. The zero-order chi connectivity index (χ0) is 25.8. The number of amides is 4. The van der Waals surface area contributed by atoms with Gasteiger partial charge in [-0.05, 0) is 18.8 Å². The largest absolute Gasteiger partial charge is 0.480 e. The minimum Gasteiger partial charge on any atom is -0.480 e. The van der Waals surface area contributed by atoms with E-state index >= 15 is 0 Å². The molecule has 0 spiro atoms. The number of aromatic amines is 1. The average molecular weight is 484 g/mol. The van der Waals surface area contributed by atoms with Gasteiger partial charge >= 0.3 is 5.97 Å². The molecule has 190 valence electrons. The minimum absolute atomic E-state index is 0.0741. The van der Waals surface area contributed by atoms with E-state index in [0.29, 0.717) is 5.69 Å². The zero-order valence-electron chi connectivity index (χ0n) is 19.1. The fourth-order valence-electron chi connectivity index (χ4n) is 2.99. The van der Waals surface area contributed by atoms with Crippen LogP contribution in [0.15, 0.2) is 12.5 Å². The minimum atomic E-state index is -1.40. The summed E-state index contributed by atoms with van der Waals surface area (Å²) in [5.74, 6) is -4.51. The van der Waals surface area contributed by atoms with E-state index in [1.807, 2.05) is 0 Å². The van der Waals surface area contributed by atoms with E-state index < -0.39 is 60.4 Å². The van der Waals surface area contributed by atoms with Crippen molar-refractivity contribution >= 4 is 29.6 Å². The first-order valence-corrected chi connectivity index (χ1v) is 10.7. The Hall–Kier alpha value is -3.52. The number of aliphatic carboxylic acids is 1. The summed E-state index contributed by atoms with van der Waals surface area (Å²) in [6, 6.07) is -4.97. The molecule has 0 fully saturated rings. The molecule has 0 saturated carbocycles. The van der Waals surface area contributed by atoms with Gasteiger partial charge in [-0.1, -0.05) is 13.8 Å². The Balaban J connectivity index is 2.81. The van der Waals surface area contributed by atoms with Gasteiger partial charge in [0, 0.05) is 24.7 Å². The topological polar surface area (TPSA) is 243 Å². The molecule has 14 heteroatoms. The van der Waals surface area contributed by atoms with E-state index in [-0.39, 0.29) is 31.6 Å². The molecule has 0 aliphatic heterocycles. The van der Waals surface area contributed by atoms with Crippen LogP contribution >= 0.6 is 0 Å². The van der Waals surface area contributed by atoms with Gasteiger partial charge in [0.05, 0.1) is 19.0 Å². The molecule has 34 heavy (non-hydrogen) atoms. The summed E-state index contributed by atoms with van der Waals surface area (Å²) < 4.78 is 0. The Labute approximate surface area is 196 Å². The standard InChI is InChI=1S/C20H33N7O7/c1-10(2)5-14(18(31)25-13(20(33)34)3-4-16(22)29)26-19(32)15(8-28)27-17(30)12(21)6-11-7-23-9-24-11/h7,9-10,12-15,28H,3-6,8,21H2,1-2H3,(H2,22,29)(H,23,24)(H,25,31)(H,26,32)(H,27,30)(H,33,34). The van der Waals surface area contributed by atoms with Gasteiger partial charge in [-0.25, -0.2) is 9.78 Å². The number of nitrogens with one attached hydrogen (secondary N) is 4. The number of carboxylic acids is 1. The maximum Gasteiger partial charge on any atom is 0.326 e. The molecule has 1 aromatic rings. The van der Waals surface area contributed by atoms with Gasteiger partial charge in [-0.3, -0.25) is 19.2 Å². The molecule has 14 nitrogen and oxygen atoms in total. The Morgan fingerprint density at radius 3 is 2.12 bits per heavy atom. The molecule has 4 atom stereocenters. The molecule has 1 heterocycles. The van der Waals surface area contributed by atoms with Crippen LogP contribution < -0.4 is 27.4 Å². The highest BCUT2D eigenvalue weighted by Crippen LogP contribution is 2.07. The predicted molar refractivity (Wildman–Crippen MR) is 119 cm³/mol. The number of H-pyrrole nitrogens is 1. The van der Waals surface area contributed by atoms with E-state index in [1.54, 1.807) is 13.8 Å². The molecule has 4 unspecified atom stereocenters. The number of imidazole rings is 1. The summed E-state index contributed by atoms with van der Waals surface area (Å²) in [7, 11) is 0. The second-order valence-corrected chi connectivity index (χ2v) is 8.23. The first-order valence-electron chi connectivity index (χ1n) is 10.7. The summed E-state index contributed by atoms with van der Waals surface area (Å²) in [6.45, 7) is 2.81. The summed E-state index contributed by atoms with van der Waals surface area (Å²) in [5.41, 5.74) is 11.5. The second kappa shape index (κ2) is 13.9. The van der Waals surface area contributed by atoms with Crippen LogP contribution in [0.2, 0.25) is 0 Å². The summed E-state index contributed by atoms with van der Waals surface area (Å²) in [4.78, 5) is 66.7. The number of carbonyl (C=O) groups excluding carboxylic acids is 4. The fraction of sp³-hybridized carbons (Fsp3) is 0.600. The summed E-state index contributed by atoms with van der Waals surface area (Å²) in [5, 5.41) is 25.9. The lowest BCUT2D eigenvalue weighted by molar-refractivity contribution is -0.142. The SMILES string of the molecule is CC(C)CC(NC(=O)C(CO)NC(=O)C(N)Cc1cnc[nH]1)C(=O)NC(CCC(N)=O)C(=O)O. The first-order chi connectivity index (χ1) is 15.9. The van der Waals surface area contributed by atoms with Gasteiger partial charge in [0.1, 0.15) is 18.1 Å². The van der Waals surface area contributed by atoms with Crippen LogP contribution in [-0.4, -0.2) is 80.6 Å². The van der Waals surface area contributed by atoms with E-state index in [0.717, 1.165) is 0 Å². The molecule has 0 aliphatic rings. The molecule has 0 radical (unpaired) electrons. The Bertz CT molecular complexity index is 844. The van der Waals surface area contributed by atoms with Crippen molar-refractivity contribution < 1.29 is 34.2 Å². The van der Waals surface area contributed by atoms with Crippen molar-refractivity contribution in [2.75, 3.05) is 6.61 Å². The highest BCUT2D eigenvalue weighted by Gasteiger charge is 2.30. The van der Waals surface area contributed by atoms with Crippen LogP contribution in [0, 0.1) is 5.92 Å². The maximum absolute atomic E-state index is 12.7. The number of aromatic nitrogens is 2. The van der Waals surface area contributed by atoms with Crippen molar-refractivity contribution in [1.82, 2.24) is 25.9 Å². The van der Waals surface area contributed by atoms with E-state index in [4.69, 9.17) is 11.5 Å². The Kier molecular flexibility index (Phi) is 11.7. The van der Waals surface area contributed by atoms with Crippen LogP contribution in [0.5, 0.6) is 0 Å². The number of hydrogen-bond acceptors (Lipinski definition) is 8. The number of nitrogens with two attached hydrogens (primary N) is 2. The van der Waals surface area contributed by atoms with Crippen molar-refractivity contribution in [2.24, 2.45) is 17.4 Å². The van der Waals surface area contributed by atoms with E-state index in [9.17, 15) is 34.2 Å². The molecule has 4 amide bonds. The highest BCUT2D eigenvalue weighted by atomic mass is 16.4. The molecular formula is C20H33N7O7. The normalized spacial score (nSPS) is 14.5. The number of rotatable bonds is 15. The quantitative estimate of drug-likeness (QED) is 0.127. The van der Waals surface area contributed by atoms with Crippen LogP contribution in [0.25, 0.3) is 0 Å². The average Bonchev–Trinajstić information content (AvgIpc) is 3.26. The number of primary amides is 1. The smallest absolute Gasteiger partial charge is 0.326 e. The lowest BCUT2D eigenvalue weighted by atomic mass is 10.0. The summed E-state index contributed by atoms with van der Waals surface area (Å²) in [6.07, 6.45) is 2.70. The number of aliphatic hydroxyl groups excluding tert-OH is 1. The van der Waals surface area contributed by atoms with Gasteiger partial charge in [0.2, 0.25) is 23.6 Å². The van der Waals surface area contributed by atoms with Crippen LogP contribution in [0.1, 0.15) is 38.8 Å². The third-order valence-electron chi connectivity index (χ3n) is 4.78. The fourth-order valence-corrected chi connectivity index (χ4v) is 2.99. The Morgan fingerprint density at radius 1 is 1.03 bits per heavy atom. The van der Waals surface area contributed by atoms with E-state index in [2.05, 4.69) is 25.9 Å². The van der Waals surface area contributed by atoms with Gasteiger partial charge in [-0.15, -0.1) is 0 Å². The molecule has 0 aromatic carbocycles. The zero-order valence-corrected chi connectivity index (χ0v) is 19.1. The Morgan fingerprint density at radius 2 is 1.62 bits per heavy atom. The lowest BCUT2D eigenvalue weighted by Crippen LogP contribution is -2.58. The van der Waals surface area contributed by atoms with Crippen molar-refractivity contribution in [2.45, 2.75) is 63.7 Å². The van der Waals surface area contributed by atoms with Crippen molar-refractivity contribution in [3.05, 3.63) is 18.2 Å². The van der Waals surface area contributed by atoms with Gasteiger partial charge in [0.25, 0.3) is 0 Å². The number of aliphatic hydroxyl groups is 1. The van der Waals surface area contributed by atoms with Crippen LogP contribution in [0.4, 0.5) is 0 Å². The molecule has 1 rings (SSSR count). The van der Waals surface area contributed by atoms with Gasteiger partial charge in [0.15, 0.2) is 0 Å². The highest BCUT2D eigenvalue weighted by molar-refractivity contribution is 5.94. The van der Waals surface area contributed by atoms with Crippen LogP contribution in [0.3, 0.4) is 0 Å². The maximum atomic E-state index is 12.7. The van der Waals surface area contributed by atoms with Crippen LogP contribution in [-0.2, 0) is 30.4 Å². The number of carboxylic acid groups (broad SMARTS) is 1. The molecule has 0 bridgehead atoms. The molecule has 1 aromatic heterocycles.